The zero-order valence-corrected chi connectivity index (χ0v) is 11.7. The summed E-state index contributed by atoms with van der Waals surface area (Å²) in [6.45, 7) is 9.62. The van der Waals surface area contributed by atoms with Crippen molar-refractivity contribution in [2.24, 2.45) is 5.92 Å². The van der Waals surface area contributed by atoms with Crippen LogP contribution in [0.2, 0.25) is 0 Å². The predicted octanol–water partition coefficient (Wildman–Crippen LogP) is 3.01. The van der Waals surface area contributed by atoms with Gasteiger partial charge in [-0.15, -0.1) is 0 Å². The Labute approximate surface area is 111 Å². The van der Waals surface area contributed by atoms with Crippen molar-refractivity contribution in [3.63, 3.8) is 0 Å². The summed E-state index contributed by atoms with van der Waals surface area (Å²) in [5.41, 5.74) is 0. The second-order valence-electron chi connectivity index (χ2n) is 5.32. The van der Waals surface area contributed by atoms with E-state index in [1.54, 1.807) is 0 Å². The van der Waals surface area contributed by atoms with Crippen LogP contribution in [-0.4, -0.2) is 24.5 Å². The molecule has 1 heterocycles. The van der Waals surface area contributed by atoms with Crippen LogP contribution in [0, 0.1) is 5.92 Å². The SMILES string of the molecule is CCCNCc1ccc(CN(CC)CC2CC2)o1. The number of hydrogen-bond donors (Lipinski definition) is 1. The van der Waals surface area contributed by atoms with Gasteiger partial charge in [-0.3, -0.25) is 4.90 Å². The highest BCUT2D eigenvalue weighted by molar-refractivity contribution is 5.07. The first-order chi connectivity index (χ1) is 8.81. The van der Waals surface area contributed by atoms with Gasteiger partial charge in [-0.05, 0) is 50.4 Å². The van der Waals surface area contributed by atoms with Crippen LogP contribution in [0.25, 0.3) is 0 Å². The Balaban J connectivity index is 1.76. The highest BCUT2D eigenvalue weighted by atomic mass is 16.3. The molecule has 1 aliphatic carbocycles. The van der Waals surface area contributed by atoms with E-state index in [-0.39, 0.29) is 0 Å². The molecule has 0 radical (unpaired) electrons. The van der Waals surface area contributed by atoms with Gasteiger partial charge in [0.25, 0.3) is 0 Å². The lowest BCUT2D eigenvalue weighted by molar-refractivity contribution is 0.243. The standard InChI is InChI=1S/C15H26N2O/c1-3-9-16-10-14-7-8-15(18-14)12-17(4-2)11-13-5-6-13/h7-8,13,16H,3-6,9-12H2,1-2H3. The van der Waals surface area contributed by atoms with E-state index in [1.165, 1.54) is 25.8 Å². The van der Waals surface area contributed by atoms with E-state index in [1.807, 2.05) is 0 Å². The number of nitrogens with zero attached hydrogens (tertiary/aromatic N) is 1. The molecule has 0 spiro atoms. The van der Waals surface area contributed by atoms with Gasteiger partial charge in [0.05, 0.1) is 13.1 Å². The molecular weight excluding hydrogens is 224 g/mol. The third-order valence-electron chi connectivity index (χ3n) is 3.48. The fourth-order valence-corrected chi connectivity index (χ4v) is 2.18. The second kappa shape index (κ2) is 6.95. The van der Waals surface area contributed by atoms with Crippen LogP contribution in [0.4, 0.5) is 0 Å². The van der Waals surface area contributed by atoms with Crippen molar-refractivity contribution < 1.29 is 4.42 Å². The molecule has 0 saturated heterocycles. The maximum Gasteiger partial charge on any atom is 0.118 e. The van der Waals surface area contributed by atoms with Crippen LogP contribution in [-0.2, 0) is 13.1 Å². The molecule has 3 heteroatoms. The molecule has 1 aromatic rings. The van der Waals surface area contributed by atoms with Crippen LogP contribution >= 0.6 is 0 Å². The molecule has 3 nitrogen and oxygen atoms in total. The second-order valence-corrected chi connectivity index (χ2v) is 5.32. The van der Waals surface area contributed by atoms with E-state index in [0.29, 0.717) is 0 Å². The highest BCUT2D eigenvalue weighted by Crippen LogP contribution is 2.30. The Morgan fingerprint density at radius 2 is 2.06 bits per heavy atom. The molecule has 1 fully saturated rings. The Hall–Kier alpha value is -0.800. The van der Waals surface area contributed by atoms with Gasteiger partial charge in [0, 0.05) is 6.54 Å². The van der Waals surface area contributed by atoms with Crippen LogP contribution in [0.5, 0.6) is 0 Å². The molecule has 1 N–H and O–H groups in total. The van der Waals surface area contributed by atoms with Crippen molar-refractivity contribution in [3.8, 4) is 0 Å². The number of rotatable bonds is 9. The number of furan rings is 1. The Kier molecular flexibility index (Phi) is 5.26. The summed E-state index contributed by atoms with van der Waals surface area (Å²) in [5.74, 6) is 3.11. The largest absolute Gasteiger partial charge is 0.463 e. The van der Waals surface area contributed by atoms with E-state index in [9.17, 15) is 0 Å². The molecule has 0 aromatic carbocycles. The average molecular weight is 250 g/mol. The van der Waals surface area contributed by atoms with Gasteiger partial charge in [0.15, 0.2) is 0 Å². The minimum atomic E-state index is 0.850. The lowest BCUT2D eigenvalue weighted by atomic mass is 10.3. The monoisotopic (exact) mass is 250 g/mol. The first kappa shape index (κ1) is 13.6. The quantitative estimate of drug-likeness (QED) is 0.683. The van der Waals surface area contributed by atoms with Gasteiger partial charge in [-0.2, -0.15) is 0 Å². The lowest BCUT2D eigenvalue weighted by Gasteiger charge is -2.18. The molecular formula is C15H26N2O. The van der Waals surface area contributed by atoms with Gasteiger partial charge < -0.3 is 9.73 Å². The van der Waals surface area contributed by atoms with E-state index in [2.05, 4.69) is 36.2 Å². The summed E-state index contributed by atoms with van der Waals surface area (Å²) in [4.78, 5) is 2.49. The third-order valence-corrected chi connectivity index (χ3v) is 3.48. The molecule has 102 valence electrons. The molecule has 2 rings (SSSR count). The van der Waals surface area contributed by atoms with Gasteiger partial charge in [0.2, 0.25) is 0 Å². The van der Waals surface area contributed by atoms with Crippen LogP contribution in [0.3, 0.4) is 0 Å². The molecule has 0 aliphatic heterocycles. The maximum absolute atomic E-state index is 5.86. The van der Waals surface area contributed by atoms with Gasteiger partial charge >= 0.3 is 0 Å². The van der Waals surface area contributed by atoms with E-state index < -0.39 is 0 Å². The Bertz CT molecular complexity index is 344. The lowest BCUT2D eigenvalue weighted by Crippen LogP contribution is -2.24. The van der Waals surface area contributed by atoms with Crippen LogP contribution < -0.4 is 5.32 Å². The van der Waals surface area contributed by atoms with E-state index in [4.69, 9.17) is 4.42 Å². The number of nitrogens with one attached hydrogen (secondary N) is 1. The third kappa shape index (κ3) is 4.46. The normalized spacial score (nSPS) is 15.5. The van der Waals surface area contributed by atoms with Gasteiger partial charge in [0.1, 0.15) is 11.5 Å². The molecule has 1 aliphatic rings. The first-order valence-electron chi connectivity index (χ1n) is 7.32. The smallest absolute Gasteiger partial charge is 0.118 e. The molecule has 0 atom stereocenters. The Morgan fingerprint density at radius 1 is 1.28 bits per heavy atom. The maximum atomic E-state index is 5.86. The molecule has 0 unspecified atom stereocenters. The topological polar surface area (TPSA) is 28.4 Å². The molecule has 0 amide bonds. The van der Waals surface area contributed by atoms with E-state index >= 15 is 0 Å². The molecule has 18 heavy (non-hydrogen) atoms. The predicted molar refractivity (Wildman–Crippen MR) is 74.4 cm³/mol. The van der Waals surface area contributed by atoms with Crippen LogP contribution in [0.1, 0.15) is 44.6 Å². The van der Waals surface area contributed by atoms with Crippen molar-refractivity contribution in [2.45, 2.75) is 46.2 Å². The van der Waals surface area contributed by atoms with Gasteiger partial charge in [-0.1, -0.05) is 13.8 Å². The van der Waals surface area contributed by atoms with E-state index in [0.717, 1.165) is 43.6 Å². The van der Waals surface area contributed by atoms with Crippen molar-refractivity contribution in [3.05, 3.63) is 23.7 Å². The summed E-state index contributed by atoms with van der Waals surface area (Å²) in [6.07, 6.45) is 4.00. The van der Waals surface area contributed by atoms with Crippen molar-refractivity contribution in [1.82, 2.24) is 10.2 Å². The molecule has 0 bridgehead atoms. The molecule has 1 saturated carbocycles. The fraction of sp³-hybridized carbons (Fsp3) is 0.733. The zero-order chi connectivity index (χ0) is 12.8. The average Bonchev–Trinajstić information content (AvgIpc) is 3.08. The zero-order valence-electron chi connectivity index (χ0n) is 11.7. The Morgan fingerprint density at radius 3 is 2.72 bits per heavy atom. The molecule has 1 aromatic heterocycles. The minimum Gasteiger partial charge on any atom is -0.463 e. The highest BCUT2D eigenvalue weighted by Gasteiger charge is 2.23. The first-order valence-corrected chi connectivity index (χ1v) is 7.32. The van der Waals surface area contributed by atoms with Crippen molar-refractivity contribution in [2.75, 3.05) is 19.6 Å². The fourth-order valence-electron chi connectivity index (χ4n) is 2.18. The summed E-state index contributed by atoms with van der Waals surface area (Å²) in [5, 5.41) is 3.37. The summed E-state index contributed by atoms with van der Waals surface area (Å²) in [6, 6.07) is 4.22. The summed E-state index contributed by atoms with van der Waals surface area (Å²) in [7, 11) is 0. The van der Waals surface area contributed by atoms with Crippen LogP contribution in [0.15, 0.2) is 16.5 Å². The number of hydrogen-bond acceptors (Lipinski definition) is 3. The summed E-state index contributed by atoms with van der Waals surface area (Å²) < 4.78 is 5.86. The van der Waals surface area contributed by atoms with Gasteiger partial charge in [-0.25, -0.2) is 0 Å². The van der Waals surface area contributed by atoms with Crippen molar-refractivity contribution in [1.29, 1.82) is 0 Å². The van der Waals surface area contributed by atoms with Crippen molar-refractivity contribution >= 4 is 0 Å². The summed E-state index contributed by atoms with van der Waals surface area (Å²) >= 11 is 0. The minimum absolute atomic E-state index is 0.850.